The average Bonchev–Trinajstić information content (AvgIpc) is 3.58. The second kappa shape index (κ2) is 12.4. The van der Waals surface area contributed by atoms with Crippen molar-refractivity contribution in [2.75, 3.05) is 0 Å². The zero-order valence-corrected chi connectivity index (χ0v) is 27.3. The molecule has 2 heterocycles. The van der Waals surface area contributed by atoms with Crippen LogP contribution in [0.15, 0.2) is 176 Å². The van der Waals surface area contributed by atoms with Crippen molar-refractivity contribution in [1.29, 1.82) is 0 Å². The van der Waals surface area contributed by atoms with Gasteiger partial charge < -0.3 is 0 Å². The summed E-state index contributed by atoms with van der Waals surface area (Å²) in [5.74, 6) is 1.96. The van der Waals surface area contributed by atoms with E-state index in [9.17, 15) is 0 Å². The summed E-state index contributed by atoms with van der Waals surface area (Å²) < 4.78 is 2.41. The molecule has 0 aliphatic heterocycles. The maximum Gasteiger partial charge on any atom is 0.165 e. The van der Waals surface area contributed by atoms with Crippen LogP contribution in [-0.4, -0.2) is 15.0 Å². The van der Waals surface area contributed by atoms with Crippen LogP contribution >= 0.6 is 11.3 Å². The van der Waals surface area contributed by atoms with Crippen molar-refractivity contribution >= 4 is 31.5 Å². The zero-order valence-electron chi connectivity index (χ0n) is 26.5. The van der Waals surface area contributed by atoms with E-state index < -0.39 is 0 Å². The van der Waals surface area contributed by atoms with E-state index in [-0.39, 0.29) is 0 Å². The highest BCUT2D eigenvalue weighted by Gasteiger charge is 2.18. The molecule has 0 radical (unpaired) electrons. The van der Waals surface area contributed by atoms with Crippen molar-refractivity contribution in [2.24, 2.45) is 0 Å². The first-order chi connectivity index (χ1) is 24.3. The van der Waals surface area contributed by atoms with Gasteiger partial charge in [-0.15, -0.1) is 11.3 Å². The SMILES string of the molecule is c1ccc(-c2ccc(-c3nc(-c4cccc(-c5ccccc5)c4)nc(-c4cccc5c4sc4cccc(-c6ccccc6)c45)n3)cc2)cc1. The summed E-state index contributed by atoms with van der Waals surface area (Å²) >= 11 is 1.79. The Balaban J connectivity index is 1.23. The summed E-state index contributed by atoms with van der Waals surface area (Å²) in [5, 5.41) is 2.47. The molecule has 9 aromatic rings. The van der Waals surface area contributed by atoms with Crippen molar-refractivity contribution in [1.82, 2.24) is 15.0 Å². The molecule has 0 spiro atoms. The van der Waals surface area contributed by atoms with E-state index in [0.717, 1.165) is 33.4 Å². The van der Waals surface area contributed by atoms with Crippen molar-refractivity contribution in [2.45, 2.75) is 0 Å². The molecule has 0 bridgehead atoms. The quantitative estimate of drug-likeness (QED) is 0.181. The number of benzene rings is 7. The zero-order chi connectivity index (χ0) is 32.6. The molecule has 230 valence electrons. The Morgan fingerprint density at radius 1 is 0.327 bits per heavy atom. The van der Waals surface area contributed by atoms with Gasteiger partial charge in [-0.25, -0.2) is 15.0 Å². The van der Waals surface area contributed by atoms with E-state index in [4.69, 9.17) is 15.0 Å². The third-order valence-corrected chi connectivity index (χ3v) is 10.2. The molecule has 9 rings (SSSR count). The molecule has 49 heavy (non-hydrogen) atoms. The highest BCUT2D eigenvalue weighted by Crippen LogP contribution is 2.43. The molecule has 0 aliphatic carbocycles. The normalized spacial score (nSPS) is 11.3. The Kier molecular flexibility index (Phi) is 7.34. The minimum atomic E-state index is 0.646. The third-order valence-electron chi connectivity index (χ3n) is 8.96. The number of rotatable bonds is 6. The molecule has 0 fully saturated rings. The average molecular weight is 644 g/mol. The maximum atomic E-state index is 5.18. The predicted octanol–water partition coefficient (Wildman–Crippen LogP) is 12.2. The lowest BCUT2D eigenvalue weighted by atomic mass is 9.99. The fourth-order valence-electron chi connectivity index (χ4n) is 6.55. The largest absolute Gasteiger partial charge is 0.208 e. The molecule has 4 heteroatoms. The molecular formula is C45H29N3S. The van der Waals surface area contributed by atoms with Crippen LogP contribution in [0.5, 0.6) is 0 Å². The molecule has 0 atom stereocenters. The van der Waals surface area contributed by atoms with Crippen LogP contribution in [0.25, 0.3) is 87.7 Å². The molecule has 0 aliphatic rings. The molecule has 3 nitrogen and oxygen atoms in total. The summed E-state index contributed by atoms with van der Waals surface area (Å²) in [5.41, 5.74) is 9.93. The lowest BCUT2D eigenvalue weighted by Gasteiger charge is -2.11. The minimum absolute atomic E-state index is 0.646. The summed E-state index contributed by atoms with van der Waals surface area (Å²) in [6, 6.07) is 61.5. The van der Waals surface area contributed by atoms with Crippen molar-refractivity contribution in [3.63, 3.8) is 0 Å². The first kappa shape index (κ1) is 29.0. The first-order valence-electron chi connectivity index (χ1n) is 16.4. The topological polar surface area (TPSA) is 38.7 Å². The Bertz CT molecular complexity index is 2580. The van der Waals surface area contributed by atoms with E-state index in [1.165, 1.54) is 36.9 Å². The van der Waals surface area contributed by atoms with E-state index in [2.05, 4.69) is 164 Å². The highest BCUT2D eigenvalue weighted by atomic mass is 32.1. The van der Waals surface area contributed by atoms with Crippen LogP contribution in [0.2, 0.25) is 0 Å². The van der Waals surface area contributed by atoms with Crippen LogP contribution in [0, 0.1) is 0 Å². The fraction of sp³-hybridized carbons (Fsp3) is 0. The molecule has 2 aromatic heterocycles. The van der Waals surface area contributed by atoms with Gasteiger partial charge in [0.2, 0.25) is 0 Å². The predicted molar refractivity (Wildman–Crippen MR) is 205 cm³/mol. The van der Waals surface area contributed by atoms with Crippen LogP contribution in [0.1, 0.15) is 0 Å². The maximum absolute atomic E-state index is 5.18. The lowest BCUT2D eigenvalue weighted by molar-refractivity contribution is 1.08. The monoisotopic (exact) mass is 643 g/mol. The molecule has 7 aromatic carbocycles. The summed E-state index contributed by atoms with van der Waals surface area (Å²) in [6.45, 7) is 0. The Morgan fingerprint density at radius 3 is 1.53 bits per heavy atom. The van der Waals surface area contributed by atoms with E-state index >= 15 is 0 Å². The van der Waals surface area contributed by atoms with E-state index in [1.807, 2.05) is 12.1 Å². The van der Waals surface area contributed by atoms with Crippen LogP contribution < -0.4 is 0 Å². The van der Waals surface area contributed by atoms with Gasteiger partial charge in [-0.05, 0) is 51.6 Å². The number of nitrogens with zero attached hydrogens (tertiary/aromatic N) is 3. The van der Waals surface area contributed by atoms with E-state index in [0.29, 0.717) is 17.5 Å². The van der Waals surface area contributed by atoms with Gasteiger partial charge in [-0.1, -0.05) is 158 Å². The first-order valence-corrected chi connectivity index (χ1v) is 17.2. The summed E-state index contributed by atoms with van der Waals surface area (Å²) in [6.07, 6.45) is 0. The van der Waals surface area contributed by atoms with Gasteiger partial charge in [0.25, 0.3) is 0 Å². The van der Waals surface area contributed by atoms with E-state index in [1.54, 1.807) is 11.3 Å². The molecule has 0 saturated carbocycles. The van der Waals surface area contributed by atoms with Gasteiger partial charge in [0.1, 0.15) is 0 Å². The highest BCUT2D eigenvalue weighted by molar-refractivity contribution is 7.26. The number of hydrogen-bond acceptors (Lipinski definition) is 4. The number of fused-ring (bicyclic) bond motifs is 3. The van der Waals surface area contributed by atoms with Gasteiger partial charge >= 0.3 is 0 Å². The number of thiophene rings is 1. The number of aromatic nitrogens is 3. The van der Waals surface area contributed by atoms with Gasteiger partial charge in [-0.2, -0.15) is 0 Å². The van der Waals surface area contributed by atoms with Crippen LogP contribution in [0.4, 0.5) is 0 Å². The van der Waals surface area contributed by atoms with Crippen LogP contribution in [0.3, 0.4) is 0 Å². The number of hydrogen-bond donors (Lipinski definition) is 0. The Labute approximate surface area is 288 Å². The van der Waals surface area contributed by atoms with Crippen molar-refractivity contribution < 1.29 is 0 Å². The van der Waals surface area contributed by atoms with Gasteiger partial charge in [0.15, 0.2) is 17.5 Å². The third kappa shape index (κ3) is 5.48. The van der Waals surface area contributed by atoms with Gasteiger partial charge in [0, 0.05) is 36.9 Å². The standard InChI is InChI=1S/C45H29N3S/c1-4-13-30(14-5-1)32-25-27-34(28-26-32)43-46-44(36-20-10-19-35(29-36)31-15-6-2-7-16-31)48-45(47-43)39-23-11-22-38-41-37(33-17-8-3-9-18-33)21-12-24-40(41)49-42(38)39/h1-29H. The Hall–Kier alpha value is -6.23. The molecule has 0 saturated heterocycles. The molecule has 0 N–H and O–H groups in total. The van der Waals surface area contributed by atoms with Crippen molar-refractivity contribution in [3.8, 4) is 67.5 Å². The molecule has 0 unspecified atom stereocenters. The summed E-state index contributed by atoms with van der Waals surface area (Å²) in [7, 11) is 0. The molecule has 0 amide bonds. The lowest BCUT2D eigenvalue weighted by Crippen LogP contribution is -2.00. The minimum Gasteiger partial charge on any atom is -0.208 e. The second-order valence-electron chi connectivity index (χ2n) is 12.0. The second-order valence-corrected chi connectivity index (χ2v) is 13.1. The van der Waals surface area contributed by atoms with Crippen molar-refractivity contribution in [3.05, 3.63) is 176 Å². The smallest absolute Gasteiger partial charge is 0.165 e. The summed E-state index contributed by atoms with van der Waals surface area (Å²) in [4.78, 5) is 15.4. The fourth-order valence-corrected chi connectivity index (χ4v) is 7.79. The van der Waals surface area contributed by atoms with Gasteiger partial charge in [-0.3, -0.25) is 0 Å². The van der Waals surface area contributed by atoms with Crippen LogP contribution in [-0.2, 0) is 0 Å². The Morgan fingerprint density at radius 2 is 0.816 bits per heavy atom. The van der Waals surface area contributed by atoms with Gasteiger partial charge in [0.05, 0.1) is 0 Å². The molecular weight excluding hydrogens is 615 g/mol.